The number of ether oxygens (including phenoxy) is 3. The van der Waals surface area contributed by atoms with Crippen LogP contribution in [0.25, 0.3) is 0 Å². The number of nitrogens with one attached hydrogen (secondary N) is 2. The van der Waals surface area contributed by atoms with E-state index in [2.05, 4.69) is 27.3 Å². The predicted molar refractivity (Wildman–Crippen MR) is 120 cm³/mol. The van der Waals surface area contributed by atoms with Crippen molar-refractivity contribution in [1.29, 1.82) is 10.7 Å². The molecule has 31 heavy (non-hydrogen) atoms. The van der Waals surface area contributed by atoms with Gasteiger partial charge in [-0.1, -0.05) is 6.07 Å². The number of fused-ring (bicyclic) bond motifs is 1. The highest BCUT2D eigenvalue weighted by molar-refractivity contribution is 9.10. The molecule has 1 amide bonds. The minimum Gasteiger partial charge on any atom is -0.493 e. The number of nitrogens with zero attached hydrogens (tertiary/aromatic N) is 1. The maximum atomic E-state index is 12.0. The van der Waals surface area contributed by atoms with Crippen molar-refractivity contribution in [1.82, 2.24) is 0 Å². The quantitative estimate of drug-likeness (QED) is 0.472. The maximum absolute atomic E-state index is 12.0. The van der Waals surface area contributed by atoms with Gasteiger partial charge in [0.15, 0.2) is 17.2 Å². The number of methoxy groups -OCH3 is 2. The zero-order chi connectivity index (χ0) is 22.9. The van der Waals surface area contributed by atoms with Gasteiger partial charge >= 0.3 is 0 Å². The standard InChI is InChI=1S/C21H22BrN5O4/c1-9(24)21(28)27-14-5-4-11-16(12(8-23)20(26)31-18(11)17(14)25)10-6-13(22)19(30-3)15(7-10)29-2/h4-7,9,12,16,26H,24-25H2,1-3H3,(H,27,28)/t9-,12?,16+/m0/s1. The first-order valence-corrected chi connectivity index (χ1v) is 10.1. The average molecular weight is 488 g/mol. The summed E-state index contributed by atoms with van der Waals surface area (Å²) in [6.45, 7) is 1.55. The van der Waals surface area contributed by atoms with E-state index in [1.807, 2.05) is 0 Å². The zero-order valence-corrected chi connectivity index (χ0v) is 18.7. The second kappa shape index (κ2) is 8.83. The van der Waals surface area contributed by atoms with E-state index in [1.165, 1.54) is 14.2 Å². The minimum absolute atomic E-state index is 0.150. The molecule has 2 aromatic rings. The number of carbonyl (C=O) groups is 1. The molecule has 0 radical (unpaired) electrons. The largest absolute Gasteiger partial charge is 0.493 e. The number of nitrogen functional groups attached to an aromatic ring is 1. The molecule has 0 saturated carbocycles. The lowest BCUT2D eigenvalue weighted by Gasteiger charge is -2.32. The van der Waals surface area contributed by atoms with Crippen LogP contribution in [0.4, 0.5) is 11.4 Å². The fourth-order valence-corrected chi connectivity index (χ4v) is 4.08. The molecule has 1 unspecified atom stereocenters. The van der Waals surface area contributed by atoms with Crippen molar-refractivity contribution in [2.45, 2.75) is 18.9 Å². The number of benzene rings is 2. The maximum Gasteiger partial charge on any atom is 0.241 e. The van der Waals surface area contributed by atoms with Crippen LogP contribution in [0.15, 0.2) is 28.7 Å². The second-order valence-electron chi connectivity index (χ2n) is 7.01. The first kappa shape index (κ1) is 22.4. The smallest absolute Gasteiger partial charge is 0.241 e. The van der Waals surface area contributed by atoms with Crippen molar-refractivity contribution in [3.8, 4) is 23.3 Å². The summed E-state index contributed by atoms with van der Waals surface area (Å²) in [5.74, 6) is -0.900. The molecule has 0 spiro atoms. The van der Waals surface area contributed by atoms with Crippen molar-refractivity contribution >= 4 is 39.1 Å². The van der Waals surface area contributed by atoms with Gasteiger partial charge < -0.3 is 31.0 Å². The summed E-state index contributed by atoms with van der Waals surface area (Å²) in [6.07, 6.45) is 0. The Hall–Kier alpha value is -3.29. The van der Waals surface area contributed by atoms with E-state index < -0.39 is 23.8 Å². The van der Waals surface area contributed by atoms with Crippen LogP contribution in [0.3, 0.4) is 0 Å². The SMILES string of the molecule is COc1cc([C@@H]2c3ccc(NC(=O)[C@H](C)N)c(N)c3OC(=N)C2C#N)cc(Br)c1OC. The lowest BCUT2D eigenvalue weighted by molar-refractivity contribution is -0.117. The van der Waals surface area contributed by atoms with Gasteiger partial charge in [0.25, 0.3) is 0 Å². The molecule has 1 heterocycles. The van der Waals surface area contributed by atoms with Gasteiger partial charge in [-0.25, -0.2) is 0 Å². The summed E-state index contributed by atoms with van der Waals surface area (Å²) in [5, 5.41) is 20.7. The van der Waals surface area contributed by atoms with Gasteiger partial charge in [-0.05, 0) is 46.6 Å². The third-order valence-corrected chi connectivity index (χ3v) is 5.60. The summed E-state index contributed by atoms with van der Waals surface area (Å²) in [5.41, 5.74) is 13.7. The molecule has 3 rings (SSSR count). The lowest BCUT2D eigenvalue weighted by atomic mass is 9.78. The highest BCUT2D eigenvalue weighted by Crippen LogP contribution is 2.49. The molecule has 0 saturated heterocycles. The van der Waals surface area contributed by atoms with Crippen LogP contribution in [0.5, 0.6) is 17.2 Å². The lowest BCUT2D eigenvalue weighted by Crippen LogP contribution is -2.34. The topological polar surface area (TPSA) is 156 Å². The van der Waals surface area contributed by atoms with Gasteiger partial charge in [0.2, 0.25) is 11.8 Å². The molecular weight excluding hydrogens is 466 g/mol. The van der Waals surface area contributed by atoms with Crippen LogP contribution < -0.4 is 31.0 Å². The van der Waals surface area contributed by atoms with Crippen molar-refractivity contribution in [2.75, 3.05) is 25.3 Å². The van der Waals surface area contributed by atoms with E-state index in [4.69, 9.17) is 31.1 Å². The minimum atomic E-state index is -0.888. The molecule has 162 valence electrons. The Balaban J connectivity index is 2.18. The monoisotopic (exact) mass is 487 g/mol. The fraction of sp³-hybridized carbons (Fsp3) is 0.286. The highest BCUT2D eigenvalue weighted by atomic mass is 79.9. The Kier molecular flexibility index (Phi) is 6.38. The third kappa shape index (κ3) is 4.02. The van der Waals surface area contributed by atoms with E-state index in [0.717, 1.165) is 0 Å². The van der Waals surface area contributed by atoms with E-state index in [1.54, 1.807) is 31.2 Å². The molecule has 10 heteroatoms. The summed E-state index contributed by atoms with van der Waals surface area (Å²) in [6, 6.07) is 8.32. The van der Waals surface area contributed by atoms with Gasteiger partial charge in [0.1, 0.15) is 5.92 Å². The molecule has 6 N–H and O–H groups in total. The normalized spacial score (nSPS) is 18.3. The molecule has 0 aliphatic carbocycles. The fourth-order valence-electron chi connectivity index (χ4n) is 3.46. The first-order valence-electron chi connectivity index (χ1n) is 9.29. The Morgan fingerprint density at radius 3 is 2.65 bits per heavy atom. The Morgan fingerprint density at radius 1 is 1.35 bits per heavy atom. The molecule has 1 aliphatic rings. The van der Waals surface area contributed by atoms with Gasteiger partial charge in [-0.15, -0.1) is 0 Å². The van der Waals surface area contributed by atoms with Crippen molar-refractivity contribution in [2.24, 2.45) is 11.7 Å². The number of nitriles is 1. The summed E-state index contributed by atoms with van der Waals surface area (Å²) in [7, 11) is 3.04. The van der Waals surface area contributed by atoms with E-state index in [0.29, 0.717) is 32.8 Å². The number of hydrogen-bond donors (Lipinski definition) is 4. The molecule has 0 bridgehead atoms. The van der Waals surface area contributed by atoms with E-state index >= 15 is 0 Å². The molecule has 0 aromatic heterocycles. The predicted octanol–water partition coefficient (Wildman–Crippen LogP) is 2.98. The van der Waals surface area contributed by atoms with Crippen LogP contribution in [-0.4, -0.2) is 32.1 Å². The Morgan fingerprint density at radius 2 is 2.06 bits per heavy atom. The number of nitrogens with two attached hydrogens (primary N) is 2. The number of rotatable bonds is 5. The first-order chi connectivity index (χ1) is 14.7. The van der Waals surface area contributed by atoms with Crippen LogP contribution >= 0.6 is 15.9 Å². The average Bonchev–Trinajstić information content (AvgIpc) is 2.74. The second-order valence-corrected chi connectivity index (χ2v) is 7.87. The van der Waals surface area contributed by atoms with E-state index in [9.17, 15) is 10.1 Å². The highest BCUT2D eigenvalue weighted by Gasteiger charge is 2.39. The van der Waals surface area contributed by atoms with Crippen LogP contribution in [0, 0.1) is 22.7 Å². The molecular formula is C21H22BrN5O4. The Bertz CT molecular complexity index is 1100. The summed E-state index contributed by atoms with van der Waals surface area (Å²) < 4.78 is 17.1. The van der Waals surface area contributed by atoms with Gasteiger partial charge in [-0.3, -0.25) is 10.2 Å². The molecule has 1 aliphatic heterocycles. The van der Waals surface area contributed by atoms with Crippen molar-refractivity contribution in [3.63, 3.8) is 0 Å². The number of halogens is 1. The number of anilines is 2. The number of carbonyl (C=O) groups excluding carboxylic acids is 1. The van der Waals surface area contributed by atoms with Gasteiger partial charge in [0, 0.05) is 11.5 Å². The molecule has 3 atom stereocenters. The van der Waals surface area contributed by atoms with Crippen LogP contribution in [0.2, 0.25) is 0 Å². The van der Waals surface area contributed by atoms with Crippen molar-refractivity contribution in [3.05, 3.63) is 39.9 Å². The van der Waals surface area contributed by atoms with Crippen LogP contribution in [-0.2, 0) is 4.79 Å². The van der Waals surface area contributed by atoms with Gasteiger partial charge in [0.05, 0.1) is 42.2 Å². The summed E-state index contributed by atoms with van der Waals surface area (Å²) in [4.78, 5) is 12.0. The molecule has 2 aromatic carbocycles. The molecule has 0 fully saturated rings. The zero-order valence-electron chi connectivity index (χ0n) is 17.2. The van der Waals surface area contributed by atoms with Gasteiger partial charge in [-0.2, -0.15) is 5.26 Å². The number of hydrogen-bond acceptors (Lipinski definition) is 8. The van der Waals surface area contributed by atoms with E-state index in [-0.39, 0.29) is 17.3 Å². The summed E-state index contributed by atoms with van der Waals surface area (Å²) >= 11 is 3.47. The number of amides is 1. The molecule has 9 nitrogen and oxygen atoms in total. The van der Waals surface area contributed by atoms with Crippen LogP contribution in [0.1, 0.15) is 24.0 Å². The van der Waals surface area contributed by atoms with Crippen molar-refractivity contribution < 1.29 is 19.0 Å². The third-order valence-electron chi connectivity index (χ3n) is 5.01. The Labute approximate surface area is 187 Å².